The molecule has 1 heterocycles. The molecule has 1 aromatic heterocycles. The van der Waals surface area contributed by atoms with E-state index in [9.17, 15) is 9.90 Å². The fourth-order valence-electron chi connectivity index (χ4n) is 3.86. The summed E-state index contributed by atoms with van der Waals surface area (Å²) in [5.74, 6) is 1.94. The highest BCUT2D eigenvalue weighted by Crippen LogP contribution is 2.41. The number of para-hydroxylation sites is 1. The highest BCUT2D eigenvalue weighted by molar-refractivity contribution is 7.99. The van der Waals surface area contributed by atoms with Gasteiger partial charge in [-0.25, -0.2) is 5.43 Å². The number of phenols is 1. The Morgan fingerprint density at radius 1 is 0.974 bits per heavy atom. The van der Waals surface area contributed by atoms with E-state index < -0.39 is 0 Å². The third kappa shape index (κ3) is 6.32. The lowest BCUT2D eigenvalue weighted by Crippen LogP contribution is -2.22. The summed E-state index contributed by atoms with van der Waals surface area (Å²) in [4.78, 5) is 12.7. The van der Waals surface area contributed by atoms with Crippen molar-refractivity contribution in [2.24, 2.45) is 5.10 Å². The number of methoxy groups -OCH3 is 3. The van der Waals surface area contributed by atoms with E-state index in [0.717, 1.165) is 11.3 Å². The molecule has 202 valence electrons. The zero-order chi connectivity index (χ0) is 27.8. The number of nitrogens with one attached hydrogen (secondary N) is 1. The highest BCUT2D eigenvalue weighted by Gasteiger charge is 2.21. The number of nitrogens with zero attached hydrogens (tertiary/aromatic N) is 4. The first-order valence-electron chi connectivity index (χ1n) is 12.1. The number of thioether (sulfide) groups is 1. The van der Waals surface area contributed by atoms with E-state index >= 15 is 0 Å². The Morgan fingerprint density at radius 2 is 1.64 bits per heavy atom. The summed E-state index contributed by atoms with van der Waals surface area (Å²) in [6.45, 7) is 1.94. The standard InChI is InChI=1S/C28H29N5O5S/c1-5-22(18-11-13-21(34)14-12-18)29-30-25(35)17-39-28-32-31-27(33(28)20-9-7-6-8-10-20)19-15-23(36-2)26(38-4)24(16-19)37-3/h6-16,34H,5,17H2,1-4H3,(H,30,35). The second-order valence-corrected chi connectivity index (χ2v) is 9.12. The van der Waals surface area contributed by atoms with Crippen LogP contribution in [0.5, 0.6) is 23.0 Å². The molecule has 11 heteroatoms. The average molecular weight is 548 g/mol. The van der Waals surface area contributed by atoms with Gasteiger partial charge in [0.2, 0.25) is 5.75 Å². The molecule has 39 heavy (non-hydrogen) atoms. The normalized spacial score (nSPS) is 11.2. The Morgan fingerprint density at radius 3 is 2.23 bits per heavy atom. The predicted octanol–water partition coefficient (Wildman–Crippen LogP) is 4.69. The molecule has 0 saturated carbocycles. The Balaban J connectivity index is 1.61. The molecule has 10 nitrogen and oxygen atoms in total. The molecular formula is C28H29N5O5S. The van der Waals surface area contributed by atoms with Gasteiger partial charge in [0.05, 0.1) is 32.8 Å². The molecule has 4 aromatic rings. The van der Waals surface area contributed by atoms with Crippen LogP contribution in [0.25, 0.3) is 17.1 Å². The molecule has 0 aliphatic carbocycles. The van der Waals surface area contributed by atoms with Gasteiger partial charge in [0, 0.05) is 11.3 Å². The van der Waals surface area contributed by atoms with Gasteiger partial charge in [-0.2, -0.15) is 5.10 Å². The molecule has 0 radical (unpaired) electrons. The largest absolute Gasteiger partial charge is 0.508 e. The van der Waals surface area contributed by atoms with Gasteiger partial charge in [0.15, 0.2) is 22.5 Å². The smallest absolute Gasteiger partial charge is 0.250 e. The molecule has 3 aromatic carbocycles. The maximum atomic E-state index is 12.7. The van der Waals surface area contributed by atoms with E-state index in [4.69, 9.17) is 14.2 Å². The Labute approximate surface area is 230 Å². The number of hydrazone groups is 1. The number of benzene rings is 3. The third-order valence-corrected chi connectivity index (χ3v) is 6.68. The van der Waals surface area contributed by atoms with Crippen LogP contribution >= 0.6 is 11.8 Å². The number of hydrogen-bond acceptors (Lipinski definition) is 9. The number of carbonyl (C=O) groups is 1. The lowest BCUT2D eigenvalue weighted by atomic mass is 10.1. The average Bonchev–Trinajstić information content (AvgIpc) is 3.40. The number of rotatable bonds is 11. The van der Waals surface area contributed by atoms with Crippen LogP contribution in [0.4, 0.5) is 0 Å². The van der Waals surface area contributed by atoms with E-state index in [1.54, 1.807) is 57.7 Å². The van der Waals surface area contributed by atoms with Crippen LogP contribution in [0.15, 0.2) is 77.0 Å². The highest BCUT2D eigenvalue weighted by atomic mass is 32.2. The van der Waals surface area contributed by atoms with Gasteiger partial charge in [-0.3, -0.25) is 9.36 Å². The van der Waals surface area contributed by atoms with Gasteiger partial charge in [-0.05, 0) is 60.5 Å². The molecule has 0 atom stereocenters. The fraction of sp³-hybridized carbons (Fsp3) is 0.214. The van der Waals surface area contributed by atoms with E-state index in [0.29, 0.717) is 45.9 Å². The molecule has 0 aliphatic heterocycles. The fourth-order valence-corrected chi connectivity index (χ4v) is 4.61. The number of carbonyl (C=O) groups excluding carboxylic acids is 1. The Kier molecular flexibility index (Phi) is 9.06. The van der Waals surface area contributed by atoms with Crippen LogP contribution in [0.2, 0.25) is 0 Å². The molecule has 4 rings (SSSR count). The van der Waals surface area contributed by atoms with Gasteiger partial charge in [-0.15, -0.1) is 10.2 Å². The lowest BCUT2D eigenvalue weighted by Gasteiger charge is -2.15. The molecule has 0 aliphatic rings. The topological polar surface area (TPSA) is 120 Å². The summed E-state index contributed by atoms with van der Waals surface area (Å²) in [7, 11) is 4.65. The van der Waals surface area contributed by atoms with Crippen molar-refractivity contribution in [3.05, 3.63) is 72.3 Å². The second kappa shape index (κ2) is 12.8. The molecule has 1 amide bonds. The quantitative estimate of drug-likeness (QED) is 0.158. The van der Waals surface area contributed by atoms with Crippen LogP contribution in [0.3, 0.4) is 0 Å². The Hall–Kier alpha value is -4.51. The second-order valence-electron chi connectivity index (χ2n) is 8.17. The van der Waals surface area contributed by atoms with Gasteiger partial charge < -0.3 is 19.3 Å². The number of aromatic hydroxyl groups is 1. The zero-order valence-corrected chi connectivity index (χ0v) is 22.9. The summed E-state index contributed by atoms with van der Waals surface area (Å²) < 4.78 is 18.4. The first-order chi connectivity index (χ1) is 19.0. The van der Waals surface area contributed by atoms with E-state index in [-0.39, 0.29) is 17.4 Å². The number of phenolic OH excluding ortho intramolecular Hbond substituents is 1. The first-order valence-corrected chi connectivity index (χ1v) is 13.1. The van der Waals surface area contributed by atoms with Crippen molar-refractivity contribution in [3.63, 3.8) is 0 Å². The van der Waals surface area contributed by atoms with E-state index in [1.807, 2.05) is 41.8 Å². The number of hydrogen-bond donors (Lipinski definition) is 2. The Bertz CT molecular complexity index is 1430. The van der Waals surface area contributed by atoms with Gasteiger partial charge in [0.25, 0.3) is 5.91 Å². The van der Waals surface area contributed by atoms with Crippen LogP contribution in [-0.4, -0.2) is 58.6 Å². The third-order valence-electron chi connectivity index (χ3n) is 5.75. The summed E-state index contributed by atoms with van der Waals surface area (Å²) in [5.41, 5.74) is 5.66. The monoisotopic (exact) mass is 547 g/mol. The number of ether oxygens (including phenoxy) is 3. The van der Waals surface area contributed by atoms with Crippen molar-refractivity contribution in [1.82, 2.24) is 20.2 Å². The molecule has 2 N–H and O–H groups in total. The van der Waals surface area contributed by atoms with Crippen molar-refractivity contribution >= 4 is 23.4 Å². The molecule has 0 fully saturated rings. The van der Waals surface area contributed by atoms with Crippen LogP contribution in [0, 0.1) is 0 Å². The van der Waals surface area contributed by atoms with Crippen molar-refractivity contribution in [1.29, 1.82) is 0 Å². The first kappa shape index (κ1) is 27.5. The zero-order valence-electron chi connectivity index (χ0n) is 22.0. The summed E-state index contributed by atoms with van der Waals surface area (Å²) in [5, 5.41) is 23.2. The van der Waals surface area contributed by atoms with Crippen LogP contribution < -0.4 is 19.6 Å². The summed E-state index contributed by atoms with van der Waals surface area (Å²) in [6, 6.07) is 19.9. The lowest BCUT2D eigenvalue weighted by molar-refractivity contribution is -0.118. The predicted molar refractivity (Wildman–Crippen MR) is 150 cm³/mol. The maximum absolute atomic E-state index is 12.7. The molecule has 0 saturated heterocycles. The van der Waals surface area contributed by atoms with Crippen LogP contribution in [-0.2, 0) is 4.79 Å². The van der Waals surface area contributed by atoms with Crippen molar-refractivity contribution in [2.45, 2.75) is 18.5 Å². The van der Waals surface area contributed by atoms with Crippen molar-refractivity contribution in [2.75, 3.05) is 27.1 Å². The van der Waals surface area contributed by atoms with Gasteiger partial charge >= 0.3 is 0 Å². The maximum Gasteiger partial charge on any atom is 0.250 e. The van der Waals surface area contributed by atoms with Gasteiger partial charge in [-0.1, -0.05) is 36.9 Å². The van der Waals surface area contributed by atoms with Gasteiger partial charge in [0.1, 0.15) is 5.75 Å². The molecule has 0 unspecified atom stereocenters. The van der Waals surface area contributed by atoms with Crippen molar-refractivity contribution in [3.8, 4) is 40.1 Å². The van der Waals surface area contributed by atoms with E-state index in [2.05, 4.69) is 20.7 Å². The van der Waals surface area contributed by atoms with Crippen molar-refractivity contribution < 1.29 is 24.1 Å². The molecule has 0 spiro atoms. The minimum Gasteiger partial charge on any atom is -0.508 e. The SMILES string of the molecule is CCC(=NNC(=O)CSc1nnc(-c2cc(OC)c(OC)c(OC)c2)n1-c1ccccc1)c1ccc(O)cc1. The van der Waals surface area contributed by atoms with E-state index in [1.165, 1.54) is 11.8 Å². The molecule has 0 bridgehead atoms. The summed E-state index contributed by atoms with van der Waals surface area (Å²) in [6.07, 6.45) is 0.610. The minimum atomic E-state index is -0.290. The molecular weight excluding hydrogens is 518 g/mol. The minimum absolute atomic E-state index is 0.0658. The number of aromatic nitrogens is 3. The van der Waals surface area contributed by atoms with Crippen LogP contribution in [0.1, 0.15) is 18.9 Å². The number of amides is 1. The summed E-state index contributed by atoms with van der Waals surface area (Å²) >= 11 is 1.24.